The zero-order valence-electron chi connectivity index (χ0n) is 15.4. The molecule has 0 bridgehead atoms. The first-order valence-corrected chi connectivity index (χ1v) is 2.70. The van der Waals surface area contributed by atoms with Crippen LogP contribution in [0.15, 0.2) is 36.3 Å². The third kappa shape index (κ3) is 2.80. The van der Waals surface area contributed by atoms with Gasteiger partial charge in [0.1, 0.15) is 0 Å². The Bertz CT molecular complexity index is 613. The number of carbonyl (C=O) groups is 1. The quantitative estimate of drug-likeness (QED) is 0.600. The number of hydrogen-bond acceptors (Lipinski definition) is 1. The second-order valence-electron chi connectivity index (χ2n) is 1.58. The molecule has 0 saturated heterocycles. The largest absolute Gasteiger partial charge is 0.295 e. The van der Waals surface area contributed by atoms with E-state index in [-0.39, 0.29) is 0 Å². The van der Waals surface area contributed by atoms with Crippen LogP contribution in [0.1, 0.15) is 26.1 Å². The van der Waals surface area contributed by atoms with Crippen molar-refractivity contribution >= 4 is 11.8 Å². The summed E-state index contributed by atoms with van der Waals surface area (Å²) in [6.45, 7) is -3.14. The molecule has 0 amide bonds. The molecule has 0 fully saturated rings. The molecule has 0 aliphatic carbocycles. The van der Waals surface area contributed by atoms with Crippen molar-refractivity contribution in [3.63, 3.8) is 0 Å². The minimum Gasteiger partial charge on any atom is -0.295 e. The summed E-state index contributed by atoms with van der Waals surface area (Å²) in [4.78, 5) is 11.5. The van der Waals surface area contributed by atoms with Crippen LogP contribution >= 0.6 is 0 Å². The Morgan fingerprint density at radius 2 is 2.36 bits per heavy atom. The van der Waals surface area contributed by atoms with E-state index < -0.39 is 60.5 Å². The van der Waals surface area contributed by atoms with E-state index in [2.05, 4.69) is 0 Å². The van der Waals surface area contributed by atoms with Gasteiger partial charge in [-0.2, -0.15) is 0 Å². The highest BCUT2D eigenvalue weighted by atomic mass is 16.1. The predicted molar refractivity (Wildman–Crippen MR) is 46.2 cm³/mol. The Hall–Kier alpha value is -1.37. The fourth-order valence-electron chi connectivity index (χ4n) is 0.432. The minimum absolute atomic E-state index is 0.677. The first-order valence-electron chi connectivity index (χ1n) is 7.70. The lowest BCUT2D eigenvalue weighted by Crippen LogP contribution is -1.79. The average molecular weight is 156 g/mol. The molecular formula is C10H10O. The third-order valence-electron chi connectivity index (χ3n) is 0.801. The Morgan fingerprint density at radius 1 is 1.64 bits per heavy atom. The second kappa shape index (κ2) is 3.71. The van der Waals surface area contributed by atoms with Crippen LogP contribution in [0.25, 0.3) is 6.05 Å². The maximum absolute atomic E-state index is 11.5. The Labute approximate surface area is 80.4 Å². The number of allylic oxidation sites excluding steroid dienone is 1. The van der Waals surface area contributed by atoms with E-state index in [4.69, 9.17) is 13.7 Å². The second-order valence-corrected chi connectivity index (χ2v) is 1.58. The molecule has 0 aliphatic heterocycles. The highest BCUT2D eigenvalue weighted by Crippen LogP contribution is 2.00. The Morgan fingerprint density at radius 3 is 3.00 bits per heavy atom. The smallest absolute Gasteiger partial charge is 0.152 e. The summed E-state index contributed by atoms with van der Waals surface area (Å²) in [6, 6.07) is -5.94. The molecule has 0 aliphatic rings. The molecule has 1 nitrogen and oxygen atoms in total. The van der Waals surface area contributed by atoms with Crippen molar-refractivity contribution in [2.24, 2.45) is 0 Å². The minimum atomic E-state index is -3.14. The molecule has 0 aromatic heterocycles. The Kier molecular flexibility index (Phi) is 0.629. The van der Waals surface area contributed by atoms with E-state index in [0.29, 0.717) is 0 Å². The van der Waals surface area contributed by atoms with Gasteiger partial charge in [-0.25, -0.2) is 0 Å². The van der Waals surface area contributed by atoms with Crippen molar-refractivity contribution in [3.05, 3.63) is 41.8 Å². The summed E-state index contributed by atoms with van der Waals surface area (Å²) in [5.74, 6) is -1.63. The van der Waals surface area contributed by atoms with E-state index in [1.165, 1.54) is 0 Å². The molecule has 1 rings (SSSR count). The van der Waals surface area contributed by atoms with Gasteiger partial charge < -0.3 is 0 Å². The highest BCUT2D eigenvalue weighted by molar-refractivity contribution is 5.91. The van der Waals surface area contributed by atoms with E-state index in [1.54, 1.807) is 0 Å². The highest BCUT2D eigenvalue weighted by Gasteiger charge is 1.83. The summed E-state index contributed by atoms with van der Waals surface area (Å²) >= 11 is 0. The molecule has 11 heavy (non-hydrogen) atoms. The van der Waals surface area contributed by atoms with Crippen LogP contribution < -0.4 is 0 Å². The maximum Gasteiger partial charge on any atom is 0.152 e. The van der Waals surface area contributed by atoms with Gasteiger partial charge in [-0.3, -0.25) is 4.79 Å². The predicted octanol–water partition coefficient (Wildman–Crippen LogP) is 2.29. The van der Waals surface area contributed by atoms with Crippen LogP contribution in [0, 0.1) is 0 Å². The van der Waals surface area contributed by atoms with Gasteiger partial charge >= 0.3 is 0 Å². The molecule has 0 spiro atoms. The van der Waals surface area contributed by atoms with Crippen molar-refractivity contribution in [2.75, 3.05) is 0 Å². The van der Waals surface area contributed by atoms with Crippen molar-refractivity contribution in [1.29, 1.82) is 0 Å². The van der Waals surface area contributed by atoms with Crippen molar-refractivity contribution in [3.8, 4) is 0 Å². The lowest BCUT2D eigenvalue weighted by atomic mass is 10.2. The standard InChI is InChI=1S/C10H10O/c1-9(11)7-8-10-5-3-2-4-6-10/h2-8H,1H3/i1D3,2D,3D,4D,5D,6D,7D,8D. The van der Waals surface area contributed by atoms with Gasteiger partial charge in [0.05, 0.1) is 9.60 Å². The molecule has 56 valence electrons. The number of rotatable bonds is 2. The summed E-state index contributed by atoms with van der Waals surface area (Å²) in [6.07, 6.45) is 0. The molecule has 0 saturated carbocycles. The number of ketones is 1. The lowest BCUT2D eigenvalue weighted by molar-refractivity contribution is -0.112. The van der Waals surface area contributed by atoms with E-state index in [0.717, 1.165) is 0 Å². The Balaban J connectivity index is 3.66. The maximum atomic E-state index is 11.5. The van der Waals surface area contributed by atoms with Gasteiger partial charge in [-0.1, -0.05) is 36.3 Å². The topological polar surface area (TPSA) is 17.1 Å². The first-order chi connectivity index (χ1) is 9.41. The summed E-state index contributed by atoms with van der Waals surface area (Å²) in [7, 11) is 0. The fraction of sp³-hybridized carbons (Fsp3) is 0.100. The van der Waals surface area contributed by atoms with Gasteiger partial charge in [-0.15, -0.1) is 0 Å². The molecule has 0 unspecified atom stereocenters. The summed E-state index contributed by atoms with van der Waals surface area (Å²) in [5, 5.41) is 0. The summed E-state index contributed by atoms with van der Waals surface area (Å²) in [5.41, 5.74) is -0.677. The third-order valence-corrected chi connectivity index (χ3v) is 0.801. The molecule has 0 atom stereocenters. The average Bonchev–Trinajstić information content (AvgIpc) is 2.40. The van der Waals surface area contributed by atoms with Gasteiger partial charge in [-0.05, 0) is 18.5 Å². The van der Waals surface area contributed by atoms with Crippen LogP contribution in [0.4, 0.5) is 0 Å². The van der Waals surface area contributed by atoms with Gasteiger partial charge in [0.2, 0.25) is 0 Å². The molecule has 1 aromatic rings. The molecular weight excluding hydrogens is 136 g/mol. The van der Waals surface area contributed by atoms with E-state index in [9.17, 15) is 4.79 Å². The number of carbonyl (C=O) groups excluding carboxylic acids is 1. The van der Waals surface area contributed by atoms with Gasteiger partial charge in [0.15, 0.2) is 5.78 Å². The monoisotopic (exact) mass is 156 g/mol. The van der Waals surface area contributed by atoms with Crippen molar-refractivity contribution in [1.82, 2.24) is 0 Å². The molecule has 0 heterocycles. The molecule has 1 heteroatoms. The first kappa shape index (κ1) is 1.86. The van der Waals surface area contributed by atoms with Crippen LogP contribution in [0.3, 0.4) is 0 Å². The van der Waals surface area contributed by atoms with Crippen LogP contribution in [-0.4, -0.2) is 5.78 Å². The number of hydrogen-bond donors (Lipinski definition) is 0. The fourth-order valence-corrected chi connectivity index (χ4v) is 0.432. The molecule has 1 aromatic carbocycles. The lowest BCUT2D eigenvalue weighted by Gasteiger charge is -1.88. The van der Waals surface area contributed by atoms with Crippen molar-refractivity contribution < 1.29 is 18.5 Å². The zero-order valence-corrected chi connectivity index (χ0v) is 5.41. The molecule has 0 N–H and O–H groups in total. The van der Waals surface area contributed by atoms with Gasteiger partial charge in [0.25, 0.3) is 0 Å². The van der Waals surface area contributed by atoms with E-state index in [1.807, 2.05) is 0 Å². The normalized spacial score (nSPS) is 26.2. The van der Waals surface area contributed by atoms with E-state index >= 15 is 0 Å². The van der Waals surface area contributed by atoms with Crippen LogP contribution in [-0.2, 0) is 4.79 Å². The molecule has 0 radical (unpaired) electrons. The van der Waals surface area contributed by atoms with Gasteiger partial charge in [0, 0.05) is 4.11 Å². The SMILES string of the molecule is [2H]C(C(=O)C([2H])([2H])[2H])=C([2H])c1c([2H])c([2H])c([2H])c([2H])c1[2H]. The zero-order chi connectivity index (χ0) is 16.7. The van der Waals surface area contributed by atoms with Crippen molar-refractivity contribution in [2.45, 2.75) is 6.85 Å². The number of benzene rings is 1. The summed E-state index contributed by atoms with van der Waals surface area (Å²) < 4.78 is 73.2. The van der Waals surface area contributed by atoms with Crippen LogP contribution in [0.2, 0.25) is 0 Å². The van der Waals surface area contributed by atoms with Crippen LogP contribution in [0.5, 0.6) is 0 Å².